The molecule has 2 aromatic rings. The summed E-state index contributed by atoms with van der Waals surface area (Å²) in [5.74, 6) is 0.465. The van der Waals surface area contributed by atoms with E-state index >= 15 is 0 Å². The zero-order valence-electron chi connectivity index (χ0n) is 21.6. The molecule has 0 spiro atoms. The summed E-state index contributed by atoms with van der Waals surface area (Å²) in [6, 6.07) is 10.9. The number of nitrogens with zero attached hydrogens (tertiary/aromatic N) is 2. The molecule has 0 saturated heterocycles. The summed E-state index contributed by atoms with van der Waals surface area (Å²) < 4.78 is 42.2. The van der Waals surface area contributed by atoms with E-state index in [1.807, 2.05) is 13.0 Å². The molecule has 0 aromatic heterocycles. The van der Waals surface area contributed by atoms with E-state index in [9.17, 15) is 18.0 Å². The Morgan fingerprint density at radius 2 is 1.69 bits per heavy atom. The first kappa shape index (κ1) is 28.8. The molecule has 11 heteroatoms. The fourth-order valence-electron chi connectivity index (χ4n) is 3.54. The van der Waals surface area contributed by atoms with Crippen molar-refractivity contribution in [1.29, 1.82) is 0 Å². The van der Waals surface area contributed by atoms with Gasteiger partial charge in [-0.15, -0.1) is 0 Å². The van der Waals surface area contributed by atoms with Crippen molar-refractivity contribution in [2.24, 2.45) is 0 Å². The van der Waals surface area contributed by atoms with Crippen LogP contribution in [0.15, 0.2) is 42.5 Å². The van der Waals surface area contributed by atoms with Crippen molar-refractivity contribution in [2.45, 2.75) is 32.9 Å². The van der Waals surface area contributed by atoms with E-state index in [1.165, 1.54) is 38.4 Å². The molecule has 10 nitrogen and oxygen atoms in total. The van der Waals surface area contributed by atoms with Gasteiger partial charge in [-0.25, -0.2) is 8.42 Å². The van der Waals surface area contributed by atoms with E-state index in [-0.39, 0.29) is 18.1 Å². The highest BCUT2D eigenvalue weighted by Crippen LogP contribution is 2.32. The third-order valence-corrected chi connectivity index (χ3v) is 6.68. The van der Waals surface area contributed by atoms with Crippen molar-refractivity contribution < 1.29 is 32.2 Å². The molecule has 0 unspecified atom stereocenters. The molecule has 0 fully saturated rings. The second-order valence-corrected chi connectivity index (χ2v) is 10.1. The maximum Gasteiger partial charge on any atom is 0.244 e. The van der Waals surface area contributed by atoms with Gasteiger partial charge in [0.1, 0.15) is 18.3 Å². The molecule has 1 atom stereocenters. The van der Waals surface area contributed by atoms with Crippen LogP contribution in [-0.4, -0.2) is 71.8 Å². The summed E-state index contributed by atoms with van der Waals surface area (Å²) in [4.78, 5) is 27.7. The van der Waals surface area contributed by atoms with E-state index in [2.05, 4.69) is 5.32 Å². The second kappa shape index (κ2) is 13.0. The van der Waals surface area contributed by atoms with Crippen molar-refractivity contribution in [3.05, 3.63) is 48.0 Å². The monoisotopic (exact) mass is 521 g/mol. The van der Waals surface area contributed by atoms with Crippen LogP contribution < -0.4 is 23.8 Å². The van der Waals surface area contributed by atoms with Crippen LogP contribution in [0.4, 0.5) is 5.69 Å². The minimum atomic E-state index is -3.87. The normalized spacial score (nSPS) is 11.8. The lowest BCUT2D eigenvalue weighted by molar-refractivity contribution is -0.139. The van der Waals surface area contributed by atoms with Crippen LogP contribution in [0.5, 0.6) is 17.2 Å². The number of carbonyl (C=O) groups excluding carboxylic acids is 2. The van der Waals surface area contributed by atoms with Crippen LogP contribution in [0, 0.1) is 0 Å². The molecule has 2 rings (SSSR count). The van der Waals surface area contributed by atoms with Crippen molar-refractivity contribution in [2.75, 3.05) is 45.0 Å². The molecule has 0 heterocycles. The van der Waals surface area contributed by atoms with Crippen molar-refractivity contribution in [3.8, 4) is 17.2 Å². The quantitative estimate of drug-likeness (QED) is 0.431. The Bertz CT molecular complexity index is 1150. The summed E-state index contributed by atoms with van der Waals surface area (Å²) in [5.41, 5.74) is 0.961. The Labute approximate surface area is 213 Å². The third kappa shape index (κ3) is 7.51. The number of anilines is 1. The lowest BCUT2D eigenvalue weighted by atomic mass is 10.1. The average Bonchev–Trinajstić information content (AvgIpc) is 2.87. The summed E-state index contributed by atoms with van der Waals surface area (Å²) in [6.07, 6.45) is 1.75. The third-order valence-electron chi connectivity index (χ3n) is 5.54. The largest absolute Gasteiger partial charge is 0.497 e. The highest BCUT2D eigenvalue weighted by Gasteiger charge is 2.30. The highest BCUT2D eigenvalue weighted by atomic mass is 32.2. The SMILES string of the molecule is CCCNC(=O)[C@H](C)N(Cc1cccc(OC)c1)C(=O)CN(c1ccc(OC)c(OC)c1)S(C)(=O)=O. The smallest absolute Gasteiger partial charge is 0.244 e. The van der Waals surface area contributed by atoms with E-state index in [0.29, 0.717) is 23.8 Å². The summed E-state index contributed by atoms with van der Waals surface area (Å²) >= 11 is 0. The first-order valence-corrected chi connectivity index (χ1v) is 13.3. The number of rotatable bonds is 13. The van der Waals surface area contributed by atoms with Gasteiger partial charge in [0.25, 0.3) is 0 Å². The van der Waals surface area contributed by atoms with Gasteiger partial charge in [0, 0.05) is 19.2 Å². The minimum Gasteiger partial charge on any atom is -0.497 e. The van der Waals surface area contributed by atoms with Gasteiger partial charge >= 0.3 is 0 Å². The first-order chi connectivity index (χ1) is 17.0. The Morgan fingerprint density at radius 1 is 1.00 bits per heavy atom. The molecule has 0 aliphatic rings. The van der Waals surface area contributed by atoms with E-state index in [1.54, 1.807) is 31.2 Å². The van der Waals surface area contributed by atoms with Gasteiger partial charge in [-0.1, -0.05) is 19.1 Å². The van der Waals surface area contributed by atoms with Gasteiger partial charge in [0.15, 0.2) is 11.5 Å². The Balaban J connectivity index is 2.43. The fourth-order valence-corrected chi connectivity index (χ4v) is 4.38. The van der Waals surface area contributed by atoms with Gasteiger partial charge in [-0.2, -0.15) is 0 Å². The van der Waals surface area contributed by atoms with Crippen LogP contribution in [0.3, 0.4) is 0 Å². The van der Waals surface area contributed by atoms with Crippen molar-refractivity contribution in [1.82, 2.24) is 10.2 Å². The van der Waals surface area contributed by atoms with Gasteiger partial charge in [-0.3, -0.25) is 13.9 Å². The standard InChI is InChI=1S/C25H35N3O7S/c1-7-13-26-25(30)18(2)27(16-19-9-8-10-21(14-19)33-3)24(29)17-28(36(6,31)32)20-11-12-22(34-4)23(15-20)35-5/h8-12,14-15,18H,7,13,16-17H2,1-6H3,(H,26,30)/t18-/m0/s1. The number of hydrogen-bond acceptors (Lipinski definition) is 7. The predicted octanol–water partition coefficient (Wildman–Crippen LogP) is 2.42. The Hall–Kier alpha value is -3.47. The molecular formula is C25H35N3O7S. The van der Waals surface area contributed by atoms with Crippen molar-refractivity contribution >= 4 is 27.5 Å². The lowest BCUT2D eigenvalue weighted by Gasteiger charge is -2.31. The number of amides is 2. The average molecular weight is 522 g/mol. The number of sulfonamides is 1. The zero-order chi connectivity index (χ0) is 26.9. The molecule has 0 aliphatic carbocycles. The fraction of sp³-hybridized carbons (Fsp3) is 0.440. The number of benzene rings is 2. The number of ether oxygens (including phenoxy) is 3. The molecule has 1 N–H and O–H groups in total. The molecule has 0 radical (unpaired) electrons. The molecule has 2 aromatic carbocycles. The van der Waals surface area contributed by atoms with E-state index in [0.717, 1.165) is 22.5 Å². The highest BCUT2D eigenvalue weighted by molar-refractivity contribution is 7.92. The van der Waals surface area contributed by atoms with Crippen LogP contribution in [0.1, 0.15) is 25.8 Å². The van der Waals surface area contributed by atoms with Gasteiger partial charge in [0.05, 0.1) is 33.3 Å². The molecule has 198 valence electrons. The molecule has 36 heavy (non-hydrogen) atoms. The number of methoxy groups -OCH3 is 3. The number of nitrogens with one attached hydrogen (secondary N) is 1. The van der Waals surface area contributed by atoms with Crippen LogP contribution in [-0.2, 0) is 26.2 Å². The Morgan fingerprint density at radius 3 is 2.28 bits per heavy atom. The summed E-state index contributed by atoms with van der Waals surface area (Å²) in [7, 11) is 0.575. The van der Waals surface area contributed by atoms with E-state index < -0.39 is 28.5 Å². The van der Waals surface area contributed by atoms with Crippen LogP contribution >= 0.6 is 0 Å². The molecule has 0 saturated carbocycles. The minimum absolute atomic E-state index is 0.0836. The molecule has 0 bridgehead atoms. The summed E-state index contributed by atoms with van der Waals surface area (Å²) in [6.45, 7) is 3.58. The maximum atomic E-state index is 13.6. The predicted molar refractivity (Wildman–Crippen MR) is 138 cm³/mol. The van der Waals surface area contributed by atoms with Gasteiger partial charge in [0.2, 0.25) is 21.8 Å². The Kier molecular flexibility index (Phi) is 10.4. The van der Waals surface area contributed by atoms with Crippen LogP contribution in [0.25, 0.3) is 0 Å². The number of carbonyl (C=O) groups is 2. The molecule has 0 aliphatic heterocycles. The molecule has 2 amide bonds. The number of hydrogen-bond donors (Lipinski definition) is 1. The summed E-state index contributed by atoms with van der Waals surface area (Å²) in [5, 5.41) is 2.80. The van der Waals surface area contributed by atoms with Crippen LogP contribution in [0.2, 0.25) is 0 Å². The lowest BCUT2D eigenvalue weighted by Crippen LogP contribution is -2.51. The second-order valence-electron chi connectivity index (χ2n) is 8.15. The zero-order valence-corrected chi connectivity index (χ0v) is 22.4. The maximum absolute atomic E-state index is 13.6. The topological polar surface area (TPSA) is 114 Å². The van der Waals surface area contributed by atoms with Crippen molar-refractivity contribution in [3.63, 3.8) is 0 Å². The molecular weight excluding hydrogens is 486 g/mol. The van der Waals surface area contributed by atoms with Gasteiger partial charge in [-0.05, 0) is 43.2 Å². The first-order valence-electron chi connectivity index (χ1n) is 11.5. The van der Waals surface area contributed by atoms with E-state index in [4.69, 9.17) is 14.2 Å². The van der Waals surface area contributed by atoms with Gasteiger partial charge < -0.3 is 24.4 Å².